The molecule has 0 aliphatic heterocycles. The van der Waals surface area contributed by atoms with Crippen molar-refractivity contribution in [1.82, 2.24) is 5.32 Å². The van der Waals surface area contributed by atoms with Crippen molar-refractivity contribution in [3.8, 4) is 12.3 Å². The van der Waals surface area contributed by atoms with Gasteiger partial charge in [0.1, 0.15) is 0 Å². The molecular formula is C14H25N. The first kappa shape index (κ1) is 12.6. The summed E-state index contributed by atoms with van der Waals surface area (Å²) in [5.74, 6) is 4.51. The molecule has 1 rings (SSSR count). The maximum Gasteiger partial charge on any atom is 0.0660 e. The normalized spacial score (nSPS) is 28.7. The van der Waals surface area contributed by atoms with Crippen LogP contribution in [-0.2, 0) is 0 Å². The second kappa shape index (κ2) is 6.18. The lowest BCUT2D eigenvalue weighted by molar-refractivity contribution is 0.249. The van der Waals surface area contributed by atoms with Crippen LogP contribution in [0.15, 0.2) is 0 Å². The Labute approximate surface area is 95.0 Å². The topological polar surface area (TPSA) is 12.0 Å². The van der Waals surface area contributed by atoms with Crippen molar-refractivity contribution in [2.24, 2.45) is 11.8 Å². The molecule has 1 fully saturated rings. The summed E-state index contributed by atoms with van der Waals surface area (Å²) in [5, 5.41) is 3.54. The van der Waals surface area contributed by atoms with Crippen LogP contribution in [0.25, 0.3) is 0 Å². The third-order valence-electron chi connectivity index (χ3n) is 3.32. The highest BCUT2D eigenvalue weighted by atomic mass is 14.9. The van der Waals surface area contributed by atoms with Gasteiger partial charge in [0.05, 0.1) is 6.04 Å². The Hall–Kier alpha value is -0.480. The lowest BCUT2D eigenvalue weighted by Gasteiger charge is -2.31. The first-order valence-electron chi connectivity index (χ1n) is 6.34. The lowest BCUT2D eigenvalue weighted by atomic mass is 9.81. The van der Waals surface area contributed by atoms with E-state index in [2.05, 4.69) is 32.0 Å². The van der Waals surface area contributed by atoms with Gasteiger partial charge in [-0.3, -0.25) is 0 Å². The van der Waals surface area contributed by atoms with Crippen LogP contribution in [0.1, 0.15) is 52.9 Å². The molecule has 0 spiro atoms. The molecule has 3 atom stereocenters. The van der Waals surface area contributed by atoms with Crippen LogP contribution >= 0.6 is 0 Å². The van der Waals surface area contributed by atoms with Crippen LogP contribution in [0.5, 0.6) is 0 Å². The van der Waals surface area contributed by atoms with E-state index in [0.717, 1.165) is 11.8 Å². The molecule has 0 aromatic heterocycles. The van der Waals surface area contributed by atoms with Crippen LogP contribution in [0.2, 0.25) is 0 Å². The third-order valence-corrected chi connectivity index (χ3v) is 3.32. The highest BCUT2D eigenvalue weighted by Gasteiger charge is 2.22. The maximum absolute atomic E-state index is 5.39. The Morgan fingerprint density at radius 2 is 2.07 bits per heavy atom. The van der Waals surface area contributed by atoms with Crippen molar-refractivity contribution in [1.29, 1.82) is 0 Å². The summed E-state index contributed by atoms with van der Waals surface area (Å²) in [5.41, 5.74) is 0. The van der Waals surface area contributed by atoms with Crippen LogP contribution in [0.4, 0.5) is 0 Å². The number of nitrogens with one attached hydrogen (secondary N) is 1. The van der Waals surface area contributed by atoms with Gasteiger partial charge in [-0.2, -0.15) is 0 Å². The molecule has 0 aromatic carbocycles. The Kier molecular flexibility index (Phi) is 5.19. The van der Waals surface area contributed by atoms with Crippen molar-refractivity contribution in [3.63, 3.8) is 0 Å². The van der Waals surface area contributed by atoms with Gasteiger partial charge in [-0.25, -0.2) is 0 Å². The fourth-order valence-electron chi connectivity index (χ4n) is 2.72. The molecule has 0 aromatic rings. The summed E-state index contributed by atoms with van der Waals surface area (Å²) < 4.78 is 0. The SMILES string of the molecule is C#CC(C)NC1CCCC(CC(C)C)C1. The monoisotopic (exact) mass is 207 g/mol. The van der Waals surface area contributed by atoms with E-state index in [4.69, 9.17) is 6.42 Å². The van der Waals surface area contributed by atoms with Gasteiger partial charge in [-0.05, 0) is 38.0 Å². The van der Waals surface area contributed by atoms with Gasteiger partial charge in [-0.1, -0.05) is 32.6 Å². The Morgan fingerprint density at radius 3 is 2.67 bits per heavy atom. The Balaban J connectivity index is 2.32. The summed E-state index contributed by atoms with van der Waals surface area (Å²) in [4.78, 5) is 0. The van der Waals surface area contributed by atoms with Gasteiger partial charge in [0.15, 0.2) is 0 Å². The largest absolute Gasteiger partial charge is 0.301 e. The van der Waals surface area contributed by atoms with Gasteiger partial charge in [0, 0.05) is 6.04 Å². The van der Waals surface area contributed by atoms with E-state index in [1.165, 1.54) is 32.1 Å². The summed E-state index contributed by atoms with van der Waals surface area (Å²) >= 11 is 0. The number of hydrogen-bond donors (Lipinski definition) is 1. The van der Waals surface area contributed by atoms with Crippen molar-refractivity contribution in [3.05, 3.63) is 0 Å². The number of hydrogen-bond acceptors (Lipinski definition) is 1. The first-order chi connectivity index (χ1) is 7.11. The number of rotatable bonds is 4. The van der Waals surface area contributed by atoms with E-state index >= 15 is 0 Å². The number of terminal acetylenes is 1. The molecule has 1 N–H and O–H groups in total. The molecule has 1 nitrogen and oxygen atoms in total. The van der Waals surface area contributed by atoms with Crippen LogP contribution < -0.4 is 5.32 Å². The minimum absolute atomic E-state index is 0.229. The van der Waals surface area contributed by atoms with Gasteiger partial charge in [-0.15, -0.1) is 6.42 Å². The van der Waals surface area contributed by atoms with E-state index in [0.29, 0.717) is 6.04 Å². The van der Waals surface area contributed by atoms with E-state index < -0.39 is 0 Å². The molecule has 0 radical (unpaired) electrons. The van der Waals surface area contributed by atoms with E-state index in [1.54, 1.807) is 0 Å². The zero-order valence-electron chi connectivity index (χ0n) is 10.4. The fourth-order valence-corrected chi connectivity index (χ4v) is 2.72. The zero-order valence-corrected chi connectivity index (χ0v) is 10.4. The molecule has 0 amide bonds. The minimum atomic E-state index is 0.229. The molecule has 0 bridgehead atoms. The van der Waals surface area contributed by atoms with E-state index in [9.17, 15) is 0 Å². The van der Waals surface area contributed by atoms with Crippen LogP contribution in [0, 0.1) is 24.2 Å². The molecule has 3 unspecified atom stereocenters. The van der Waals surface area contributed by atoms with Crippen molar-refractivity contribution >= 4 is 0 Å². The molecule has 1 saturated carbocycles. The second-order valence-electron chi connectivity index (χ2n) is 5.41. The van der Waals surface area contributed by atoms with Crippen LogP contribution in [0.3, 0.4) is 0 Å². The molecule has 1 heteroatoms. The highest BCUT2D eigenvalue weighted by Crippen LogP contribution is 2.29. The standard InChI is InChI=1S/C14H25N/c1-5-12(4)15-14-8-6-7-13(10-14)9-11(2)3/h1,11-15H,6-10H2,2-4H3. The molecule has 15 heavy (non-hydrogen) atoms. The van der Waals surface area contributed by atoms with E-state index in [1.807, 2.05) is 0 Å². The Morgan fingerprint density at radius 1 is 1.33 bits per heavy atom. The summed E-state index contributed by atoms with van der Waals surface area (Å²) in [6.07, 6.45) is 12.2. The fraction of sp³-hybridized carbons (Fsp3) is 0.857. The maximum atomic E-state index is 5.39. The predicted molar refractivity (Wildman–Crippen MR) is 66.6 cm³/mol. The predicted octanol–water partition coefficient (Wildman–Crippen LogP) is 3.20. The second-order valence-corrected chi connectivity index (χ2v) is 5.41. The van der Waals surface area contributed by atoms with E-state index in [-0.39, 0.29) is 6.04 Å². The van der Waals surface area contributed by atoms with Crippen molar-refractivity contribution < 1.29 is 0 Å². The summed E-state index contributed by atoms with van der Waals surface area (Å²) in [7, 11) is 0. The summed E-state index contributed by atoms with van der Waals surface area (Å²) in [6, 6.07) is 0.890. The quantitative estimate of drug-likeness (QED) is 0.698. The summed E-state index contributed by atoms with van der Waals surface area (Å²) in [6.45, 7) is 6.72. The zero-order chi connectivity index (χ0) is 11.3. The molecule has 1 aliphatic carbocycles. The average molecular weight is 207 g/mol. The molecule has 0 heterocycles. The minimum Gasteiger partial charge on any atom is -0.301 e. The Bertz CT molecular complexity index is 214. The van der Waals surface area contributed by atoms with Crippen LogP contribution in [-0.4, -0.2) is 12.1 Å². The molecular weight excluding hydrogens is 182 g/mol. The van der Waals surface area contributed by atoms with Gasteiger partial charge in [0.25, 0.3) is 0 Å². The molecule has 1 aliphatic rings. The highest BCUT2D eigenvalue weighted by molar-refractivity contribution is 4.97. The van der Waals surface area contributed by atoms with Gasteiger partial charge < -0.3 is 5.32 Å². The van der Waals surface area contributed by atoms with Gasteiger partial charge in [0.2, 0.25) is 0 Å². The smallest absolute Gasteiger partial charge is 0.0660 e. The van der Waals surface area contributed by atoms with Crippen molar-refractivity contribution in [2.75, 3.05) is 0 Å². The average Bonchev–Trinajstić information content (AvgIpc) is 2.17. The van der Waals surface area contributed by atoms with Crippen molar-refractivity contribution in [2.45, 2.75) is 65.0 Å². The first-order valence-corrected chi connectivity index (χ1v) is 6.34. The lowest BCUT2D eigenvalue weighted by Crippen LogP contribution is -2.39. The molecule has 0 saturated heterocycles. The molecule has 86 valence electrons. The third kappa shape index (κ3) is 4.71. The van der Waals surface area contributed by atoms with Gasteiger partial charge >= 0.3 is 0 Å².